The van der Waals surface area contributed by atoms with E-state index in [9.17, 15) is 0 Å². The van der Waals surface area contributed by atoms with Crippen molar-refractivity contribution < 1.29 is 0 Å². The molecule has 0 heterocycles. The Morgan fingerprint density at radius 2 is 1.50 bits per heavy atom. The number of hydrogen-bond donors (Lipinski definition) is 1. The highest BCUT2D eigenvalue weighted by molar-refractivity contribution is 6.17. The largest absolute Gasteiger partial charge is 0.323 e. The molecule has 0 bridgehead atoms. The molecule has 0 rings (SSSR count). The molecule has 0 atom stereocenters. The first kappa shape index (κ1) is 9.54. The Labute approximate surface area is 44.7 Å². The second kappa shape index (κ2) is 18.7. The van der Waals surface area contributed by atoms with Crippen LogP contribution in [-0.2, 0) is 0 Å². The standard InChI is InChI=1S/C2H5Cl.C2H7N/c1-2-3;1-3-2/h2H2,1H3;3H,1-2H3. The van der Waals surface area contributed by atoms with Crippen LogP contribution < -0.4 is 5.32 Å². The van der Waals surface area contributed by atoms with Crippen LogP contribution in [0.3, 0.4) is 0 Å². The maximum absolute atomic E-state index is 5.00. The average molecular weight is 110 g/mol. The van der Waals surface area contributed by atoms with E-state index in [0.717, 1.165) is 5.88 Å². The molecule has 0 aromatic heterocycles. The number of alkyl halides is 1. The number of hydrogen-bond acceptors (Lipinski definition) is 1. The molecule has 0 radical (unpaired) electrons. The second-order valence-corrected chi connectivity index (χ2v) is 1.30. The summed E-state index contributed by atoms with van der Waals surface area (Å²) in [6, 6.07) is 0. The van der Waals surface area contributed by atoms with Crippen molar-refractivity contribution in [2.75, 3.05) is 20.0 Å². The Kier molecular flexibility index (Phi) is 29.8. The molecule has 6 heavy (non-hydrogen) atoms. The minimum Gasteiger partial charge on any atom is -0.323 e. The van der Waals surface area contributed by atoms with E-state index in [-0.39, 0.29) is 0 Å². The van der Waals surface area contributed by atoms with E-state index in [0.29, 0.717) is 0 Å². The average Bonchev–Trinajstić information content (AvgIpc) is 1.39. The van der Waals surface area contributed by atoms with Gasteiger partial charge in [0.25, 0.3) is 0 Å². The summed E-state index contributed by atoms with van der Waals surface area (Å²) in [7, 11) is 3.75. The van der Waals surface area contributed by atoms with Crippen LogP contribution in [0, 0.1) is 0 Å². The first-order chi connectivity index (χ1) is 2.83. The molecule has 0 aliphatic heterocycles. The minimum absolute atomic E-state index is 0.722. The fourth-order valence-corrected chi connectivity index (χ4v) is 0. The van der Waals surface area contributed by atoms with Gasteiger partial charge in [0.1, 0.15) is 0 Å². The lowest BCUT2D eigenvalue weighted by Crippen LogP contribution is -1.89. The van der Waals surface area contributed by atoms with Crippen molar-refractivity contribution in [3.63, 3.8) is 0 Å². The highest BCUT2D eigenvalue weighted by Gasteiger charge is 1.38. The van der Waals surface area contributed by atoms with Gasteiger partial charge in [-0.15, -0.1) is 11.6 Å². The van der Waals surface area contributed by atoms with Gasteiger partial charge in [-0.2, -0.15) is 0 Å². The summed E-state index contributed by atoms with van der Waals surface area (Å²) in [6.45, 7) is 1.89. The molecule has 0 saturated heterocycles. The van der Waals surface area contributed by atoms with Gasteiger partial charge in [0.15, 0.2) is 0 Å². The van der Waals surface area contributed by atoms with Gasteiger partial charge in [0, 0.05) is 5.88 Å². The lowest BCUT2D eigenvalue weighted by atomic mass is 11.0. The quantitative estimate of drug-likeness (QED) is 0.459. The molecular formula is C4H12ClN. The van der Waals surface area contributed by atoms with Crippen LogP contribution in [0.5, 0.6) is 0 Å². The van der Waals surface area contributed by atoms with Gasteiger partial charge in [0.05, 0.1) is 0 Å². The molecule has 0 saturated carbocycles. The van der Waals surface area contributed by atoms with Crippen LogP contribution in [0.1, 0.15) is 6.92 Å². The Balaban J connectivity index is 0. The van der Waals surface area contributed by atoms with Crippen molar-refractivity contribution in [1.29, 1.82) is 0 Å². The van der Waals surface area contributed by atoms with Crippen LogP contribution in [0.4, 0.5) is 0 Å². The third-order valence-electron chi connectivity index (χ3n) is 0. The Morgan fingerprint density at radius 3 is 1.50 bits per heavy atom. The topological polar surface area (TPSA) is 12.0 Å². The molecule has 1 nitrogen and oxygen atoms in total. The third kappa shape index (κ3) is 718. The Morgan fingerprint density at radius 1 is 1.50 bits per heavy atom. The molecule has 0 unspecified atom stereocenters. The molecule has 0 aliphatic rings. The smallest absolute Gasteiger partial charge is 0.0195 e. The van der Waals surface area contributed by atoms with E-state index >= 15 is 0 Å². The lowest BCUT2D eigenvalue weighted by molar-refractivity contribution is 1.02. The van der Waals surface area contributed by atoms with Crippen molar-refractivity contribution in [1.82, 2.24) is 5.32 Å². The Hall–Kier alpha value is 0.250. The van der Waals surface area contributed by atoms with Gasteiger partial charge in [-0.1, -0.05) is 6.92 Å². The minimum atomic E-state index is 0.722. The highest BCUT2D eigenvalue weighted by Crippen LogP contribution is 1.59. The first-order valence-electron chi connectivity index (χ1n) is 1.97. The fraction of sp³-hybridized carbons (Fsp3) is 1.00. The van der Waals surface area contributed by atoms with Gasteiger partial charge in [-0.3, -0.25) is 0 Å². The molecular weight excluding hydrogens is 97.5 g/mol. The summed E-state index contributed by atoms with van der Waals surface area (Å²) in [6.07, 6.45) is 0. The number of nitrogens with one attached hydrogen (secondary N) is 1. The second-order valence-electron chi connectivity index (χ2n) is 0.767. The summed E-state index contributed by atoms with van der Waals surface area (Å²) in [5, 5.41) is 2.75. The lowest BCUT2D eigenvalue weighted by Gasteiger charge is -1.59. The van der Waals surface area contributed by atoms with Crippen molar-refractivity contribution in [3.8, 4) is 0 Å². The molecule has 40 valence electrons. The predicted molar refractivity (Wildman–Crippen MR) is 31.4 cm³/mol. The van der Waals surface area contributed by atoms with E-state index in [1.54, 1.807) is 0 Å². The maximum atomic E-state index is 5.00. The highest BCUT2D eigenvalue weighted by atomic mass is 35.5. The molecule has 0 amide bonds. The van der Waals surface area contributed by atoms with Crippen LogP contribution in [-0.4, -0.2) is 20.0 Å². The summed E-state index contributed by atoms with van der Waals surface area (Å²) in [4.78, 5) is 0. The summed E-state index contributed by atoms with van der Waals surface area (Å²) >= 11 is 5.00. The number of rotatable bonds is 0. The SMILES string of the molecule is CCCl.CNC. The van der Waals surface area contributed by atoms with Gasteiger partial charge >= 0.3 is 0 Å². The van der Waals surface area contributed by atoms with Crippen molar-refractivity contribution >= 4 is 11.6 Å². The zero-order valence-corrected chi connectivity index (χ0v) is 5.34. The molecule has 0 aliphatic carbocycles. The Bertz CT molecular complexity index is 9.51. The monoisotopic (exact) mass is 109 g/mol. The molecule has 0 aromatic rings. The zero-order valence-electron chi connectivity index (χ0n) is 4.59. The zero-order chi connectivity index (χ0) is 5.41. The van der Waals surface area contributed by atoms with Crippen molar-refractivity contribution in [3.05, 3.63) is 0 Å². The van der Waals surface area contributed by atoms with E-state index in [2.05, 4.69) is 5.32 Å². The van der Waals surface area contributed by atoms with Crippen LogP contribution in [0.15, 0.2) is 0 Å². The molecule has 0 fully saturated rings. The first-order valence-corrected chi connectivity index (χ1v) is 2.51. The van der Waals surface area contributed by atoms with Gasteiger partial charge in [-0.05, 0) is 14.1 Å². The van der Waals surface area contributed by atoms with E-state index in [4.69, 9.17) is 11.6 Å². The van der Waals surface area contributed by atoms with Crippen molar-refractivity contribution in [2.24, 2.45) is 0 Å². The van der Waals surface area contributed by atoms with Gasteiger partial charge in [-0.25, -0.2) is 0 Å². The van der Waals surface area contributed by atoms with E-state index in [1.807, 2.05) is 21.0 Å². The molecule has 1 N–H and O–H groups in total. The normalized spacial score (nSPS) is 6.00. The van der Waals surface area contributed by atoms with Crippen LogP contribution >= 0.6 is 11.6 Å². The molecule has 0 spiro atoms. The number of halogens is 1. The van der Waals surface area contributed by atoms with Crippen LogP contribution in [0.25, 0.3) is 0 Å². The van der Waals surface area contributed by atoms with Gasteiger partial charge < -0.3 is 5.32 Å². The predicted octanol–water partition coefficient (Wildman–Crippen LogP) is 1.08. The molecule has 2 heteroatoms. The molecule has 0 aromatic carbocycles. The summed E-state index contributed by atoms with van der Waals surface area (Å²) in [5.74, 6) is 0.722. The third-order valence-corrected chi connectivity index (χ3v) is 0. The summed E-state index contributed by atoms with van der Waals surface area (Å²) in [5.41, 5.74) is 0. The van der Waals surface area contributed by atoms with E-state index in [1.165, 1.54) is 0 Å². The van der Waals surface area contributed by atoms with Gasteiger partial charge in [0.2, 0.25) is 0 Å². The maximum Gasteiger partial charge on any atom is 0.0195 e. The fourth-order valence-electron chi connectivity index (χ4n) is 0. The van der Waals surface area contributed by atoms with Crippen LogP contribution in [0.2, 0.25) is 0 Å². The summed E-state index contributed by atoms with van der Waals surface area (Å²) < 4.78 is 0. The van der Waals surface area contributed by atoms with E-state index < -0.39 is 0 Å². The van der Waals surface area contributed by atoms with Crippen molar-refractivity contribution in [2.45, 2.75) is 6.92 Å².